The summed E-state index contributed by atoms with van der Waals surface area (Å²) in [4.78, 5) is 11.8. The molecular weight excluding hydrogens is 232 g/mol. The van der Waals surface area contributed by atoms with Gasteiger partial charge < -0.3 is 0 Å². The number of aromatic nitrogens is 2. The van der Waals surface area contributed by atoms with Gasteiger partial charge in [0.1, 0.15) is 5.78 Å². The predicted molar refractivity (Wildman–Crippen MR) is 73.6 cm³/mol. The molecule has 0 N–H and O–H groups in total. The van der Waals surface area contributed by atoms with Crippen LogP contribution in [0.2, 0.25) is 0 Å². The van der Waals surface area contributed by atoms with E-state index < -0.39 is 0 Å². The van der Waals surface area contributed by atoms with Crippen molar-refractivity contribution in [1.82, 2.24) is 9.78 Å². The van der Waals surface area contributed by atoms with Crippen molar-refractivity contribution in [2.24, 2.45) is 0 Å². The lowest BCUT2D eigenvalue weighted by molar-refractivity contribution is -0.116. The van der Waals surface area contributed by atoms with Gasteiger partial charge in [0.25, 0.3) is 0 Å². The van der Waals surface area contributed by atoms with E-state index in [4.69, 9.17) is 0 Å². The maximum atomic E-state index is 11.8. The van der Waals surface area contributed by atoms with E-state index >= 15 is 0 Å². The van der Waals surface area contributed by atoms with Gasteiger partial charge >= 0.3 is 0 Å². The maximum absolute atomic E-state index is 11.8. The van der Waals surface area contributed by atoms with Crippen LogP contribution in [0.5, 0.6) is 0 Å². The van der Waals surface area contributed by atoms with E-state index in [0.29, 0.717) is 23.2 Å². The first-order valence-corrected chi connectivity index (χ1v) is 7.28. The molecule has 96 valence electrons. The molecule has 3 nitrogen and oxygen atoms in total. The summed E-state index contributed by atoms with van der Waals surface area (Å²) in [6, 6.07) is 2.01. The Morgan fingerprint density at radius 3 is 2.82 bits per heavy atom. The van der Waals surface area contributed by atoms with Crippen molar-refractivity contribution in [3.63, 3.8) is 0 Å². The maximum Gasteiger partial charge on any atom is 0.148 e. The molecule has 1 heterocycles. The van der Waals surface area contributed by atoms with Crippen molar-refractivity contribution in [3.8, 4) is 0 Å². The van der Waals surface area contributed by atoms with Crippen LogP contribution < -0.4 is 0 Å². The monoisotopic (exact) mass is 254 g/mol. The fourth-order valence-electron chi connectivity index (χ4n) is 1.62. The van der Waals surface area contributed by atoms with Crippen LogP contribution in [0.3, 0.4) is 0 Å². The third-order valence-corrected chi connectivity index (χ3v) is 4.16. The normalized spacial score (nSPS) is 12.7. The molecule has 0 saturated heterocycles. The number of thioether (sulfide) groups is 1. The molecule has 4 heteroatoms. The van der Waals surface area contributed by atoms with Gasteiger partial charge in [-0.2, -0.15) is 16.9 Å². The Labute approximate surface area is 108 Å². The van der Waals surface area contributed by atoms with E-state index in [0.717, 1.165) is 24.4 Å². The molecule has 0 radical (unpaired) electrons. The molecule has 1 aromatic rings. The first-order valence-electron chi connectivity index (χ1n) is 6.23. The predicted octanol–water partition coefficient (Wildman–Crippen LogP) is 2.85. The highest BCUT2D eigenvalue weighted by molar-refractivity contribution is 8.00. The van der Waals surface area contributed by atoms with Gasteiger partial charge in [0.15, 0.2) is 0 Å². The first-order chi connectivity index (χ1) is 8.06. The Morgan fingerprint density at radius 2 is 2.24 bits per heavy atom. The zero-order valence-electron chi connectivity index (χ0n) is 11.2. The number of nitrogens with zero attached hydrogens (tertiary/aromatic N) is 2. The van der Waals surface area contributed by atoms with Gasteiger partial charge in [0.05, 0.1) is 11.4 Å². The first kappa shape index (κ1) is 14.3. The minimum Gasteiger partial charge on any atom is -0.298 e. The largest absolute Gasteiger partial charge is 0.298 e. The number of carbonyl (C=O) groups is 1. The zero-order chi connectivity index (χ0) is 12.8. The number of Topliss-reactive ketones (excluding diaryl/α,β-unsaturated/α-hetero) is 1. The standard InChI is InChI=1S/C13H22N2OS/c1-5-11(4)17-9-13(16)8-12-7-10(3)14-15(12)6-2/h7,11H,5-6,8-9H2,1-4H3. The summed E-state index contributed by atoms with van der Waals surface area (Å²) in [5.41, 5.74) is 2.03. The molecule has 0 aliphatic carbocycles. The highest BCUT2D eigenvalue weighted by Crippen LogP contribution is 2.14. The molecule has 0 aliphatic heterocycles. The van der Waals surface area contributed by atoms with E-state index in [9.17, 15) is 4.79 Å². The van der Waals surface area contributed by atoms with Gasteiger partial charge in [-0.15, -0.1) is 0 Å². The number of aryl methyl sites for hydroxylation is 2. The summed E-state index contributed by atoms with van der Waals surface area (Å²) in [5.74, 6) is 0.910. The molecule has 0 aromatic carbocycles. The Bertz CT molecular complexity index is 373. The molecule has 1 aromatic heterocycles. The van der Waals surface area contributed by atoms with Crippen molar-refractivity contribution in [2.45, 2.75) is 52.3 Å². The van der Waals surface area contributed by atoms with Crippen LogP contribution in [0.15, 0.2) is 6.07 Å². The molecule has 1 rings (SSSR count). The molecule has 0 bridgehead atoms. The van der Waals surface area contributed by atoms with Crippen LogP contribution in [0, 0.1) is 6.92 Å². The van der Waals surface area contributed by atoms with Crippen LogP contribution in [-0.2, 0) is 17.8 Å². The highest BCUT2D eigenvalue weighted by atomic mass is 32.2. The van der Waals surface area contributed by atoms with Gasteiger partial charge in [-0.1, -0.05) is 13.8 Å². The molecule has 0 spiro atoms. The average molecular weight is 254 g/mol. The fraction of sp³-hybridized carbons (Fsp3) is 0.692. The Kier molecular flexibility index (Phi) is 5.75. The summed E-state index contributed by atoms with van der Waals surface area (Å²) >= 11 is 1.74. The third-order valence-electron chi connectivity index (χ3n) is 2.77. The van der Waals surface area contributed by atoms with Crippen LogP contribution in [0.1, 0.15) is 38.6 Å². The van der Waals surface area contributed by atoms with Crippen LogP contribution in [0.4, 0.5) is 0 Å². The van der Waals surface area contributed by atoms with Crippen molar-refractivity contribution in [3.05, 3.63) is 17.5 Å². The second-order valence-corrected chi connectivity index (χ2v) is 5.76. The number of rotatable bonds is 7. The molecule has 1 unspecified atom stereocenters. The lowest BCUT2D eigenvalue weighted by Crippen LogP contribution is -2.12. The molecule has 0 amide bonds. The number of hydrogen-bond donors (Lipinski definition) is 0. The summed E-state index contributed by atoms with van der Waals surface area (Å²) in [7, 11) is 0. The molecule has 0 saturated carbocycles. The molecule has 1 atom stereocenters. The third kappa shape index (κ3) is 4.54. The number of carbonyl (C=O) groups excluding carboxylic acids is 1. The SMILES string of the molecule is CCC(C)SCC(=O)Cc1cc(C)nn1CC. The Hall–Kier alpha value is -0.770. The van der Waals surface area contributed by atoms with Crippen molar-refractivity contribution in [2.75, 3.05) is 5.75 Å². The molecule has 0 aliphatic rings. The Balaban J connectivity index is 2.50. The second kappa shape index (κ2) is 6.84. The van der Waals surface area contributed by atoms with E-state index in [1.807, 2.05) is 24.6 Å². The quantitative estimate of drug-likeness (QED) is 0.750. The summed E-state index contributed by atoms with van der Waals surface area (Å²) in [5, 5.41) is 4.92. The van der Waals surface area contributed by atoms with Crippen LogP contribution in [0.25, 0.3) is 0 Å². The lowest BCUT2D eigenvalue weighted by atomic mass is 10.2. The van der Waals surface area contributed by atoms with Crippen LogP contribution in [-0.4, -0.2) is 26.6 Å². The smallest absolute Gasteiger partial charge is 0.148 e. The van der Waals surface area contributed by atoms with Crippen molar-refractivity contribution in [1.29, 1.82) is 0 Å². The minimum atomic E-state index is 0.296. The fourth-order valence-corrected chi connectivity index (χ4v) is 2.43. The average Bonchev–Trinajstić information content (AvgIpc) is 2.66. The molecular formula is C13H22N2OS. The van der Waals surface area contributed by atoms with Gasteiger partial charge in [-0.3, -0.25) is 9.48 Å². The van der Waals surface area contributed by atoms with Crippen LogP contribution >= 0.6 is 11.8 Å². The topological polar surface area (TPSA) is 34.9 Å². The van der Waals surface area contributed by atoms with Gasteiger partial charge in [0.2, 0.25) is 0 Å². The highest BCUT2D eigenvalue weighted by Gasteiger charge is 2.11. The van der Waals surface area contributed by atoms with E-state index in [-0.39, 0.29) is 0 Å². The van der Waals surface area contributed by atoms with Gasteiger partial charge in [0, 0.05) is 23.9 Å². The number of hydrogen-bond acceptors (Lipinski definition) is 3. The number of ketones is 1. The minimum absolute atomic E-state index is 0.296. The van der Waals surface area contributed by atoms with E-state index in [1.165, 1.54) is 0 Å². The second-order valence-electron chi connectivity index (χ2n) is 4.34. The summed E-state index contributed by atoms with van der Waals surface area (Å²) in [6.07, 6.45) is 1.63. The Morgan fingerprint density at radius 1 is 1.53 bits per heavy atom. The lowest BCUT2D eigenvalue weighted by Gasteiger charge is -2.07. The van der Waals surface area contributed by atoms with Gasteiger partial charge in [-0.25, -0.2) is 0 Å². The molecule has 17 heavy (non-hydrogen) atoms. The van der Waals surface area contributed by atoms with Gasteiger partial charge in [-0.05, 0) is 26.3 Å². The van der Waals surface area contributed by atoms with E-state index in [1.54, 1.807) is 11.8 Å². The zero-order valence-corrected chi connectivity index (χ0v) is 12.0. The molecule has 0 fully saturated rings. The van der Waals surface area contributed by atoms with E-state index in [2.05, 4.69) is 18.9 Å². The summed E-state index contributed by atoms with van der Waals surface area (Å²) in [6.45, 7) is 9.16. The summed E-state index contributed by atoms with van der Waals surface area (Å²) < 4.78 is 1.92. The van der Waals surface area contributed by atoms with Crippen molar-refractivity contribution >= 4 is 17.5 Å². The van der Waals surface area contributed by atoms with Crippen molar-refractivity contribution < 1.29 is 4.79 Å².